The molecule has 0 unspecified atom stereocenters. The van der Waals surface area contributed by atoms with Crippen molar-refractivity contribution in [2.75, 3.05) is 10.6 Å². The Kier molecular flexibility index (Phi) is 9.91. The molecule has 0 aliphatic rings. The molecule has 50 heavy (non-hydrogen) atoms. The van der Waals surface area contributed by atoms with E-state index >= 15 is 0 Å². The number of amides is 2. The van der Waals surface area contributed by atoms with Gasteiger partial charge >= 0.3 is 11.9 Å². The zero-order valence-corrected chi connectivity index (χ0v) is 26.7. The summed E-state index contributed by atoms with van der Waals surface area (Å²) in [5.74, 6) is -4.74. The van der Waals surface area contributed by atoms with Crippen LogP contribution in [0.5, 0.6) is 0 Å². The molecular formula is C42H32N2O6. The fourth-order valence-electron chi connectivity index (χ4n) is 6.00. The molecule has 6 rings (SSSR count). The first-order valence-corrected chi connectivity index (χ1v) is 15.9. The monoisotopic (exact) mass is 660 g/mol. The van der Waals surface area contributed by atoms with Crippen LogP contribution in [0, 0.1) is 0 Å². The molecule has 0 bridgehead atoms. The van der Waals surface area contributed by atoms with Gasteiger partial charge in [0.2, 0.25) is 11.8 Å². The van der Waals surface area contributed by atoms with E-state index in [1.807, 2.05) is 121 Å². The summed E-state index contributed by atoms with van der Waals surface area (Å²) in [5, 5.41) is 25.9. The maximum absolute atomic E-state index is 13.7. The van der Waals surface area contributed by atoms with E-state index in [2.05, 4.69) is 10.6 Å². The molecule has 0 aromatic heterocycles. The summed E-state index contributed by atoms with van der Waals surface area (Å²) in [6, 6.07) is 45.8. The van der Waals surface area contributed by atoms with E-state index in [4.69, 9.17) is 0 Å². The summed E-state index contributed by atoms with van der Waals surface area (Å²) in [5.41, 5.74) is 3.67. The second kappa shape index (κ2) is 15.0. The maximum atomic E-state index is 13.7. The van der Waals surface area contributed by atoms with Crippen molar-refractivity contribution in [3.05, 3.63) is 191 Å². The molecule has 4 N–H and O–H groups in total. The summed E-state index contributed by atoms with van der Waals surface area (Å²) in [6.45, 7) is 0. The highest BCUT2D eigenvalue weighted by Gasteiger charge is 2.26. The second-order valence-corrected chi connectivity index (χ2v) is 11.6. The van der Waals surface area contributed by atoms with Gasteiger partial charge in [0.1, 0.15) is 0 Å². The van der Waals surface area contributed by atoms with Crippen molar-refractivity contribution in [1.82, 2.24) is 0 Å². The smallest absolute Gasteiger partial charge is 0.337 e. The van der Waals surface area contributed by atoms with Crippen LogP contribution < -0.4 is 10.6 Å². The van der Waals surface area contributed by atoms with Crippen LogP contribution in [0.15, 0.2) is 158 Å². The van der Waals surface area contributed by atoms with Crippen LogP contribution in [-0.2, 0) is 9.59 Å². The molecule has 6 aromatic carbocycles. The van der Waals surface area contributed by atoms with Gasteiger partial charge in [-0.1, -0.05) is 133 Å². The van der Waals surface area contributed by atoms with Gasteiger partial charge in [-0.15, -0.1) is 0 Å². The normalized spacial score (nSPS) is 10.8. The number of carbonyl (C=O) groups excluding carboxylic acids is 2. The fourth-order valence-corrected chi connectivity index (χ4v) is 6.00. The lowest BCUT2D eigenvalue weighted by molar-refractivity contribution is -0.117. The fraction of sp³-hybridized carbons (Fsp3) is 0.0476. The number of nitrogens with one attached hydrogen (secondary N) is 2. The average molecular weight is 661 g/mol. The molecule has 0 fully saturated rings. The van der Waals surface area contributed by atoms with Gasteiger partial charge in [0.05, 0.1) is 34.3 Å². The van der Waals surface area contributed by atoms with Gasteiger partial charge < -0.3 is 20.8 Å². The van der Waals surface area contributed by atoms with Crippen molar-refractivity contribution in [1.29, 1.82) is 0 Å². The summed E-state index contributed by atoms with van der Waals surface area (Å²) in [4.78, 5) is 52.3. The zero-order chi connectivity index (χ0) is 35.0. The Morgan fingerprint density at radius 2 is 0.680 bits per heavy atom. The van der Waals surface area contributed by atoms with E-state index in [1.165, 1.54) is 24.3 Å². The molecule has 0 heterocycles. The SMILES string of the molecule is O=C(O)c1cc(-c2ccc(NC(=O)C(c3ccccc3)c3ccccc3)c(C(=O)O)c2)ccc1NC(=O)C(c1ccccc1)c1ccccc1. The molecular weight excluding hydrogens is 628 g/mol. The van der Waals surface area contributed by atoms with Gasteiger partial charge in [0.15, 0.2) is 0 Å². The Balaban J connectivity index is 1.29. The number of carboxylic acids is 2. The lowest BCUT2D eigenvalue weighted by Gasteiger charge is -2.20. The van der Waals surface area contributed by atoms with Gasteiger partial charge in [-0.05, 0) is 57.6 Å². The van der Waals surface area contributed by atoms with E-state index in [0.717, 1.165) is 22.3 Å². The van der Waals surface area contributed by atoms with E-state index in [-0.39, 0.29) is 22.5 Å². The van der Waals surface area contributed by atoms with Crippen molar-refractivity contribution in [2.45, 2.75) is 11.8 Å². The lowest BCUT2D eigenvalue weighted by atomic mass is 9.90. The quantitative estimate of drug-likeness (QED) is 0.111. The number of hydrogen-bond donors (Lipinski definition) is 4. The number of benzene rings is 6. The third-order valence-corrected chi connectivity index (χ3v) is 8.41. The van der Waals surface area contributed by atoms with Crippen LogP contribution in [0.2, 0.25) is 0 Å². The van der Waals surface area contributed by atoms with E-state index in [0.29, 0.717) is 11.1 Å². The Morgan fingerprint density at radius 3 is 0.940 bits per heavy atom. The molecule has 0 aliphatic carbocycles. The maximum Gasteiger partial charge on any atom is 0.337 e. The lowest BCUT2D eigenvalue weighted by Crippen LogP contribution is -2.23. The average Bonchev–Trinajstić information content (AvgIpc) is 3.14. The minimum atomic E-state index is -1.27. The number of anilines is 2. The molecule has 0 aliphatic heterocycles. The minimum absolute atomic E-state index is 0.0957. The van der Waals surface area contributed by atoms with Crippen molar-refractivity contribution in [2.24, 2.45) is 0 Å². The van der Waals surface area contributed by atoms with Gasteiger partial charge in [-0.25, -0.2) is 9.59 Å². The number of rotatable bonds is 11. The summed E-state index contributed by atoms with van der Waals surface area (Å²) in [6.07, 6.45) is 0. The molecule has 6 aromatic rings. The first-order chi connectivity index (χ1) is 24.3. The van der Waals surface area contributed by atoms with E-state index < -0.39 is 35.6 Å². The number of hydrogen-bond acceptors (Lipinski definition) is 4. The molecule has 8 heteroatoms. The van der Waals surface area contributed by atoms with Crippen LogP contribution in [0.25, 0.3) is 11.1 Å². The third kappa shape index (κ3) is 7.35. The van der Waals surface area contributed by atoms with Crippen molar-refractivity contribution < 1.29 is 29.4 Å². The van der Waals surface area contributed by atoms with Gasteiger partial charge in [-0.3, -0.25) is 9.59 Å². The van der Waals surface area contributed by atoms with Crippen LogP contribution in [0.1, 0.15) is 54.8 Å². The second-order valence-electron chi connectivity index (χ2n) is 11.6. The molecule has 2 amide bonds. The molecule has 0 radical (unpaired) electrons. The molecule has 8 nitrogen and oxygen atoms in total. The van der Waals surface area contributed by atoms with Crippen molar-refractivity contribution >= 4 is 35.1 Å². The Hall–Kier alpha value is -6.80. The molecule has 0 atom stereocenters. The van der Waals surface area contributed by atoms with Crippen LogP contribution in [0.4, 0.5) is 11.4 Å². The molecule has 0 spiro atoms. The van der Waals surface area contributed by atoms with Crippen molar-refractivity contribution in [3.63, 3.8) is 0 Å². The van der Waals surface area contributed by atoms with Crippen LogP contribution >= 0.6 is 0 Å². The first-order valence-electron chi connectivity index (χ1n) is 15.9. The topological polar surface area (TPSA) is 133 Å². The Bertz CT molecular complexity index is 1920. The summed E-state index contributed by atoms with van der Waals surface area (Å²) < 4.78 is 0. The number of aromatic carboxylic acids is 2. The predicted octanol–water partition coefficient (Wildman–Crippen LogP) is 8.29. The Morgan fingerprint density at radius 1 is 0.400 bits per heavy atom. The molecule has 246 valence electrons. The van der Waals surface area contributed by atoms with E-state index in [9.17, 15) is 29.4 Å². The molecule has 0 saturated heterocycles. The highest BCUT2D eigenvalue weighted by Crippen LogP contribution is 2.33. The largest absolute Gasteiger partial charge is 0.478 e. The number of carbonyl (C=O) groups is 4. The first kappa shape index (κ1) is 33.1. The van der Waals surface area contributed by atoms with Gasteiger partial charge in [0.25, 0.3) is 0 Å². The summed E-state index contributed by atoms with van der Waals surface area (Å²) >= 11 is 0. The third-order valence-electron chi connectivity index (χ3n) is 8.41. The minimum Gasteiger partial charge on any atom is -0.478 e. The molecule has 0 saturated carbocycles. The predicted molar refractivity (Wildman–Crippen MR) is 193 cm³/mol. The van der Waals surface area contributed by atoms with Crippen molar-refractivity contribution in [3.8, 4) is 11.1 Å². The van der Waals surface area contributed by atoms with Crippen LogP contribution in [-0.4, -0.2) is 34.0 Å². The van der Waals surface area contributed by atoms with Crippen LogP contribution in [0.3, 0.4) is 0 Å². The standard InChI is InChI=1S/C42H32N2O6/c45-39(37(27-13-5-1-6-14-27)28-15-7-2-8-16-28)43-35-23-21-31(25-33(35)41(47)48)32-22-24-36(34(26-32)42(49)50)44-40(46)38(29-17-9-3-10-18-29)30-19-11-4-12-20-30/h1-26,37-38H,(H,43,45)(H,44,46)(H,47,48)(H,49,50). The zero-order valence-electron chi connectivity index (χ0n) is 26.7. The van der Waals surface area contributed by atoms with Gasteiger partial charge in [-0.2, -0.15) is 0 Å². The van der Waals surface area contributed by atoms with Gasteiger partial charge in [0, 0.05) is 0 Å². The van der Waals surface area contributed by atoms with E-state index in [1.54, 1.807) is 12.1 Å². The highest BCUT2D eigenvalue weighted by molar-refractivity contribution is 6.06. The highest BCUT2D eigenvalue weighted by atomic mass is 16.4. The Labute approximate surface area is 288 Å². The summed E-state index contributed by atoms with van der Waals surface area (Å²) in [7, 11) is 0. The number of carboxylic acid groups (broad SMARTS) is 2.